The van der Waals surface area contributed by atoms with Crippen molar-refractivity contribution in [2.75, 3.05) is 23.4 Å². The molecule has 1 aliphatic heterocycles. The minimum absolute atomic E-state index is 0.0266. The highest BCUT2D eigenvalue weighted by atomic mass is 35.5. The van der Waals surface area contributed by atoms with Crippen molar-refractivity contribution in [3.8, 4) is 11.5 Å². The van der Waals surface area contributed by atoms with Gasteiger partial charge in [-0.1, -0.05) is 36.2 Å². The molecule has 0 unspecified atom stereocenters. The maximum atomic E-state index is 13.8. The molecular weight excluding hydrogens is 541 g/mol. The molecule has 12 heteroatoms. The molecule has 1 heterocycles. The number of carbonyl (C=O) groups is 2. The fraction of sp³-hybridized carbons (Fsp3) is 0.440. The Hall–Kier alpha value is -2.69. The van der Waals surface area contributed by atoms with Crippen LogP contribution in [0.4, 0.5) is 5.69 Å². The van der Waals surface area contributed by atoms with Crippen molar-refractivity contribution < 1.29 is 27.5 Å². The van der Waals surface area contributed by atoms with Crippen LogP contribution in [0.2, 0.25) is 10.0 Å². The summed E-state index contributed by atoms with van der Waals surface area (Å²) in [4.78, 5) is 28.2. The first-order valence-corrected chi connectivity index (χ1v) is 14.3. The molecule has 0 saturated carbocycles. The fourth-order valence-corrected chi connectivity index (χ4v) is 5.27. The quantitative estimate of drug-likeness (QED) is 0.433. The van der Waals surface area contributed by atoms with Gasteiger partial charge >= 0.3 is 0 Å². The van der Waals surface area contributed by atoms with E-state index in [2.05, 4.69) is 5.32 Å². The van der Waals surface area contributed by atoms with E-state index in [9.17, 15) is 18.0 Å². The molecule has 2 aromatic rings. The van der Waals surface area contributed by atoms with E-state index in [0.29, 0.717) is 33.5 Å². The van der Waals surface area contributed by atoms with Gasteiger partial charge in [-0.15, -0.1) is 0 Å². The van der Waals surface area contributed by atoms with E-state index in [1.807, 2.05) is 13.8 Å². The van der Waals surface area contributed by atoms with E-state index in [1.165, 1.54) is 17.9 Å². The van der Waals surface area contributed by atoms with E-state index < -0.39 is 28.5 Å². The number of hydrogen-bond acceptors (Lipinski definition) is 6. The van der Waals surface area contributed by atoms with Gasteiger partial charge in [-0.3, -0.25) is 13.9 Å². The second-order valence-electron chi connectivity index (χ2n) is 8.80. The Balaban J connectivity index is 1.99. The molecule has 0 aromatic heterocycles. The number of hydrogen-bond donors (Lipinski definition) is 1. The first-order chi connectivity index (χ1) is 17.5. The summed E-state index contributed by atoms with van der Waals surface area (Å²) in [5.41, 5.74) is 0.903. The molecule has 2 amide bonds. The highest BCUT2D eigenvalue weighted by molar-refractivity contribution is 7.92. The molecule has 0 radical (unpaired) electrons. The van der Waals surface area contributed by atoms with E-state index in [1.54, 1.807) is 37.3 Å². The third-order valence-electron chi connectivity index (χ3n) is 5.78. The molecule has 0 bridgehead atoms. The zero-order valence-corrected chi connectivity index (χ0v) is 23.5. The van der Waals surface area contributed by atoms with Crippen LogP contribution < -0.4 is 19.1 Å². The molecule has 2 aromatic carbocycles. The number of amides is 2. The average Bonchev–Trinajstić information content (AvgIpc) is 3.31. The first kappa shape index (κ1) is 28.9. The maximum absolute atomic E-state index is 13.8. The van der Waals surface area contributed by atoms with Crippen LogP contribution in [0, 0.1) is 0 Å². The number of halogens is 2. The van der Waals surface area contributed by atoms with Crippen molar-refractivity contribution >= 4 is 50.7 Å². The molecule has 1 aliphatic rings. The number of anilines is 1. The summed E-state index contributed by atoms with van der Waals surface area (Å²) >= 11 is 12.2. The SMILES string of the molecule is CC[C@@H](C(=O)NC(C)C)N(Cc1ccc(Cl)c(Cl)c1)C(=O)CN(c1ccc2c(c1)OCO2)S(=O)(=O)CC. The van der Waals surface area contributed by atoms with Crippen molar-refractivity contribution in [1.29, 1.82) is 0 Å². The molecule has 9 nitrogen and oxygen atoms in total. The van der Waals surface area contributed by atoms with Gasteiger partial charge in [0.15, 0.2) is 11.5 Å². The van der Waals surface area contributed by atoms with Crippen molar-refractivity contribution in [3.05, 3.63) is 52.0 Å². The van der Waals surface area contributed by atoms with Gasteiger partial charge in [-0.05, 0) is 57.0 Å². The number of nitrogens with zero attached hydrogens (tertiary/aromatic N) is 2. The Kier molecular flexibility index (Phi) is 9.55. The summed E-state index contributed by atoms with van der Waals surface area (Å²) in [5, 5.41) is 3.51. The zero-order valence-electron chi connectivity index (χ0n) is 21.2. The monoisotopic (exact) mass is 571 g/mol. The second-order valence-corrected chi connectivity index (χ2v) is 11.8. The zero-order chi connectivity index (χ0) is 27.3. The molecule has 37 heavy (non-hydrogen) atoms. The van der Waals surface area contributed by atoms with Crippen LogP contribution in [-0.4, -0.2) is 56.3 Å². The van der Waals surface area contributed by atoms with E-state index in [4.69, 9.17) is 32.7 Å². The highest BCUT2D eigenvalue weighted by Crippen LogP contribution is 2.36. The van der Waals surface area contributed by atoms with Gasteiger partial charge in [0.2, 0.25) is 28.6 Å². The molecule has 0 fully saturated rings. The molecule has 0 saturated heterocycles. The van der Waals surface area contributed by atoms with Crippen LogP contribution >= 0.6 is 23.2 Å². The predicted molar refractivity (Wildman–Crippen MR) is 144 cm³/mol. The van der Waals surface area contributed by atoms with Crippen molar-refractivity contribution in [2.45, 2.75) is 52.7 Å². The third kappa shape index (κ3) is 7.00. The standard InChI is InChI=1S/C25H31Cl2N3O6S/c1-5-21(25(32)28-16(3)4)29(13-17-7-9-19(26)20(27)11-17)24(31)14-30(37(33,34)6-2)18-8-10-22-23(12-18)36-15-35-22/h7-12,16,21H,5-6,13-15H2,1-4H3,(H,28,32)/t21-/m0/s1. The first-order valence-electron chi connectivity index (χ1n) is 11.9. The molecule has 3 rings (SSSR count). The van der Waals surface area contributed by atoms with Crippen molar-refractivity contribution in [1.82, 2.24) is 10.2 Å². The van der Waals surface area contributed by atoms with Gasteiger partial charge in [0.25, 0.3) is 0 Å². The van der Waals surface area contributed by atoms with Crippen LogP contribution in [0.5, 0.6) is 11.5 Å². The van der Waals surface area contributed by atoms with Gasteiger partial charge in [-0.2, -0.15) is 0 Å². The van der Waals surface area contributed by atoms with Crippen LogP contribution in [0.15, 0.2) is 36.4 Å². The van der Waals surface area contributed by atoms with Gasteiger partial charge in [0.05, 0.1) is 21.5 Å². The molecule has 1 atom stereocenters. The van der Waals surface area contributed by atoms with Crippen LogP contribution in [0.3, 0.4) is 0 Å². The number of rotatable bonds is 11. The van der Waals surface area contributed by atoms with Crippen LogP contribution in [0.1, 0.15) is 39.7 Å². The Morgan fingerprint density at radius 2 is 1.73 bits per heavy atom. The number of ether oxygens (including phenoxy) is 2. The maximum Gasteiger partial charge on any atom is 0.244 e. The van der Waals surface area contributed by atoms with E-state index >= 15 is 0 Å². The molecule has 1 N–H and O–H groups in total. The van der Waals surface area contributed by atoms with Crippen molar-refractivity contribution in [2.24, 2.45) is 0 Å². The van der Waals surface area contributed by atoms with Gasteiger partial charge in [0.1, 0.15) is 12.6 Å². The Bertz CT molecular complexity index is 1250. The normalized spacial score (nSPS) is 13.4. The topological polar surface area (TPSA) is 105 Å². The summed E-state index contributed by atoms with van der Waals surface area (Å²) in [5.74, 6) is -0.240. The fourth-order valence-electron chi connectivity index (χ4n) is 3.90. The lowest BCUT2D eigenvalue weighted by atomic mass is 10.1. The lowest BCUT2D eigenvalue weighted by Crippen LogP contribution is -2.53. The minimum Gasteiger partial charge on any atom is -0.454 e. The molecule has 0 aliphatic carbocycles. The lowest BCUT2D eigenvalue weighted by molar-refractivity contribution is -0.140. The number of benzene rings is 2. The molecular formula is C25H31Cl2N3O6S. The van der Waals surface area contributed by atoms with Crippen molar-refractivity contribution in [3.63, 3.8) is 0 Å². The molecule has 202 valence electrons. The van der Waals surface area contributed by atoms with E-state index in [-0.39, 0.29) is 36.7 Å². The van der Waals surface area contributed by atoms with Gasteiger partial charge in [0, 0.05) is 18.7 Å². The largest absolute Gasteiger partial charge is 0.454 e. The summed E-state index contributed by atoms with van der Waals surface area (Å²) in [6, 6.07) is 8.63. The number of nitrogens with one attached hydrogen (secondary N) is 1. The highest BCUT2D eigenvalue weighted by Gasteiger charge is 2.33. The van der Waals surface area contributed by atoms with Gasteiger partial charge < -0.3 is 19.7 Å². The average molecular weight is 573 g/mol. The lowest BCUT2D eigenvalue weighted by Gasteiger charge is -2.33. The van der Waals surface area contributed by atoms with Crippen LogP contribution in [0.25, 0.3) is 0 Å². The predicted octanol–water partition coefficient (Wildman–Crippen LogP) is 4.21. The van der Waals surface area contributed by atoms with Crippen LogP contribution in [-0.2, 0) is 26.2 Å². The Morgan fingerprint density at radius 1 is 1.03 bits per heavy atom. The second kappa shape index (κ2) is 12.2. The van der Waals surface area contributed by atoms with Gasteiger partial charge in [-0.25, -0.2) is 8.42 Å². The summed E-state index contributed by atoms with van der Waals surface area (Å²) < 4.78 is 37.9. The van der Waals surface area contributed by atoms with E-state index in [0.717, 1.165) is 4.31 Å². The Morgan fingerprint density at radius 3 is 2.35 bits per heavy atom. The third-order valence-corrected chi connectivity index (χ3v) is 8.26. The Labute approximate surface area is 227 Å². The summed E-state index contributed by atoms with van der Waals surface area (Å²) in [6.07, 6.45) is 0.316. The summed E-state index contributed by atoms with van der Waals surface area (Å²) in [6.45, 7) is 6.48. The molecule has 0 spiro atoms. The number of carbonyl (C=O) groups excluding carboxylic acids is 2. The minimum atomic E-state index is -3.87. The summed E-state index contributed by atoms with van der Waals surface area (Å²) in [7, 11) is -3.87. The number of sulfonamides is 1. The smallest absolute Gasteiger partial charge is 0.244 e. The number of fused-ring (bicyclic) bond motifs is 1.